The molecule has 0 saturated heterocycles. The number of nitrogens with one attached hydrogen (secondary N) is 1. The van der Waals surface area contributed by atoms with Crippen LogP contribution in [0.2, 0.25) is 5.02 Å². The molecule has 2 unspecified atom stereocenters. The summed E-state index contributed by atoms with van der Waals surface area (Å²) in [7, 11) is 0. The molecule has 2 atom stereocenters. The Morgan fingerprint density at radius 2 is 1.85 bits per heavy atom. The van der Waals surface area contributed by atoms with Gasteiger partial charge in [0.1, 0.15) is 11.2 Å². The number of aliphatic hydroxyl groups excluding tert-OH is 1. The van der Waals surface area contributed by atoms with Crippen LogP contribution in [-0.4, -0.2) is 43.0 Å². The van der Waals surface area contributed by atoms with E-state index in [0.717, 1.165) is 18.4 Å². The highest BCUT2D eigenvalue weighted by Gasteiger charge is 2.43. The molecule has 0 saturated carbocycles. The van der Waals surface area contributed by atoms with E-state index in [9.17, 15) is 19.1 Å². The van der Waals surface area contributed by atoms with Gasteiger partial charge in [0.25, 0.3) is 0 Å². The summed E-state index contributed by atoms with van der Waals surface area (Å²) in [6, 6.07) is 11.0. The highest BCUT2D eigenvalue weighted by molar-refractivity contribution is 6.30. The van der Waals surface area contributed by atoms with E-state index < -0.39 is 30.1 Å². The number of esters is 1. The van der Waals surface area contributed by atoms with Crippen LogP contribution in [0.1, 0.15) is 45.6 Å². The van der Waals surface area contributed by atoms with Crippen LogP contribution in [0.15, 0.2) is 42.5 Å². The van der Waals surface area contributed by atoms with Crippen LogP contribution in [0.4, 0.5) is 9.18 Å². The maximum Gasteiger partial charge on any atom is 0.407 e. The van der Waals surface area contributed by atoms with Gasteiger partial charge in [0, 0.05) is 10.6 Å². The monoisotopic (exact) mass is 493 g/mol. The zero-order valence-corrected chi connectivity index (χ0v) is 20.7. The number of amides is 1. The number of benzene rings is 2. The summed E-state index contributed by atoms with van der Waals surface area (Å²) in [5.74, 6) is -0.959. The summed E-state index contributed by atoms with van der Waals surface area (Å²) in [5.41, 5.74) is 0.665. The normalized spacial score (nSPS) is 13.6. The zero-order chi connectivity index (χ0) is 25.1. The summed E-state index contributed by atoms with van der Waals surface area (Å²) in [5, 5.41) is 13.2. The number of halogens is 2. The second-order valence-corrected chi connectivity index (χ2v) is 8.78. The number of hydrogen-bond acceptors (Lipinski definition) is 5. The Bertz CT molecular complexity index is 953. The molecule has 0 aromatic heterocycles. The molecule has 0 aliphatic heterocycles. The Kier molecular flexibility index (Phi) is 10.8. The van der Waals surface area contributed by atoms with Crippen LogP contribution in [0.3, 0.4) is 0 Å². The van der Waals surface area contributed by atoms with Crippen molar-refractivity contribution in [2.45, 2.75) is 52.5 Å². The molecule has 2 aromatic rings. The standard InChI is InChI=1S/C26H33ClFNO5/c1-4-6-15-34-25(32)29-23(26(3,17-30)24(31)33-5-2)14-9-18-7-10-19(11-8-18)21-16-20(27)12-13-22(21)28/h7-8,10-13,16,23,30H,4-6,9,14-15,17H2,1-3H3,(H,29,32). The molecule has 8 heteroatoms. The molecule has 2 N–H and O–H groups in total. The van der Waals surface area contributed by atoms with E-state index in [4.69, 9.17) is 21.1 Å². The molecule has 2 rings (SSSR count). The minimum atomic E-state index is -1.34. The van der Waals surface area contributed by atoms with E-state index in [2.05, 4.69) is 5.32 Å². The number of hydrogen-bond donors (Lipinski definition) is 2. The number of aliphatic hydroxyl groups is 1. The lowest BCUT2D eigenvalue weighted by molar-refractivity contribution is -0.159. The highest BCUT2D eigenvalue weighted by atomic mass is 35.5. The van der Waals surface area contributed by atoms with Gasteiger partial charge in [-0.1, -0.05) is 49.2 Å². The van der Waals surface area contributed by atoms with Gasteiger partial charge in [0.2, 0.25) is 0 Å². The minimum Gasteiger partial charge on any atom is -0.465 e. The largest absolute Gasteiger partial charge is 0.465 e. The summed E-state index contributed by atoms with van der Waals surface area (Å²) in [4.78, 5) is 25.0. The van der Waals surface area contributed by atoms with Crippen LogP contribution >= 0.6 is 11.6 Å². The molecule has 6 nitrogen and oxygen atoms in total. The fourth-order valence-electron chi connectivity index (χ4n) is 3.54. The fraction of sp³-hybridized carbons (Fsp3) is 0.462. The maximum atomic E-state index is 14.2. The molecule has 1 amide bonds. The van der Waals surface area contributed by atoms with Crippen molar-refractivity contribution in [1.82, 2.24) is 5.32 Å². The summed E-state index contributed by atoms with van der Waals surface area (Å²) < 4.78 is 24.5. The number of alkyl carbamates (subject to hydrolysis) is 1. The highest BCUT2D eigenvalue weighted by Crippen LogP contribution is 2.29. The first-order valence-corrected chi connectivity index (χ1v) is 11.9. The molecule has 34 heavy (non-hydrogen) atoms. The van der Waals surface area contributed by atoms with E-state index in [1.807, 2.05) is 19.1 Å². The number of carbonyl (C=O) groups is 2. The first-order valence-electron chi connectivity index (χ1n) is 11.5. The van der Waals surface area contributed by atoms with Gasteiger partial charge in [-0.3, -0.25) is 4.79 Å². The first-order chi connectivity index (χ1) is 16.2. The topological polar surface area (TPSA) is 84.9 Å². The van der Waals surface area contributed by atoms with Crippen molar-refractivity contribution in [2.24, 2.45) is 5.41 Å². The van der Waals surface area contributed by atoms with Crippen LogP contribution < -0.4 is 5.32 Å². The lowest BCUT2D eigenvalue weighted by atomic mass is 9.80. The summed E-state index contributed by atoms with van der Waals surface area (Å²) in [6.07, 6.45) is 1.81. The molecule has 0 bridgehead atoms. The molecule has 2 aromatic carbocycles. The van der Waals surface area contributed by atoms with Gasteiger partial charge in [-0.05, 0) is 62.4 Å². The van der Waals surface area contributed by atoms with Gasteiger partial charge >= 0.3 is 12.1 Å². The van der Waals surface area contributed by atoms with Crippen molar-refractivity contribution in [3.8, 4) is 11.1 Å². The van der Waals surface area contributed by atoms with Gasteiger partial charge in [-0.15, -0.1) is 0 Å². The van der Waals surface area contributed by atoms with Crippen molar-refractivity contribution in [1.29, 1.82) is 0 Å². The van der Waals surface area contributed by atoms with Gasteiger partial charge in [0.15, 0.2) is 0 Å². The molecular formula is C26H33ClFNO5. The molecule has 0 spiro atoms. The number of carbonyl (C=O) groups excluding carboxylic acids is 2. The van der Waals surface area contributed by atoms with Gasteiger partial charge in [-0.2, -0.15) is 0 Å². The van der Waals surface area contributed by atoms with Crippen LogP contribution in [-0.2, 0) is 20.7 Å². The Labute approximate surface area is 205 Å². The number of rotatable bonds is 12. The van der Waals surface area contributed by atoms with Crippen molar-refractivity contribution >= 4 is 23.7 Å². The number of unbranched alkanes of at least 4 members (excludes halogenated alkanes) is 1. The molecule has 186 valence electrons. The SMILES string of the molecule is CCCCOC(=O)NC(CCc1ccc(-c2cc(Cl)ccc2F)cc1)C(C)(CO)C(=O)OCC. The fourth-order valence-corrected chi connectivity index (χ4v) is 3.71. The van der Waals surface area contributed by atoms with Crippen LogP contribution in [0.5, 0.6) is 0 Å². The Morgan fingerprint density at radius 1 is 1.15 bits per heavy atom. The van der Waals surface area contributed by atoms with Gasteiger partial charge in [-0.25, -0.2) is 9.18 Å². The smallest absolute Gasteiger partial charge is 0.407 e. The van der Waals surface area contributed by atoms with E-state index in [1.54, 1.807) is 32.0 Å². The van der Waals surface area contributed by atoms with E-state index >= 15 is 0 Å². The number of aryl methyl sites for hydroxylation is 1. The van der Waals surface area contributed by atoms with E-state index in [1.165, 1.54) is 12.1 Å². The molecule has 0 fully saturated rings. The zero-order valence-electron chi connectivity index (χ0n) is 19.9. The van der Waals surface area contributed by atoms with E-state index in [-0.39, 0.29) is 19.0 Å². The lowest BCUT2D eigenvalue weighted by Gasteiger charge is -2.34. The average Bonchev–Trinajstić information content (AvgIpc) is 2.83. The van der Waals surface area contributed by atoms with Crippen LogP contribution in [0.25, 0.3) is 11.1 Å². The molecule has 0 aliphatic rings. The predicted molar refractivity (Wildman–Crippen MR) is 130 cm³/mol. The van der Waals surface area contributed by atoms with Gasteiger partial charge in [0.05, 0.1) is 25.9 Å². The molecule has 0 radical (unpaired) electrons. The summed E-state index contributed by atoms with van der Waals surface area (Å²) in [6.45, 7) is 5.16. The first kappa shape index (κ1) is 27.6. The average molecular weight is 494 g/mol. The predicted octanol–water partition coefficient (Wildman–Crippen LogP) is 5.54. The van der Waals surface area contributed by atoms with Crippen molar-refractivity contribution < 1.29 is 28.6 Å². The second-order valence-electron chi connectivity index (χ2n) is 8.34. The van der Waals surface area contributed by atoms with Crippen molar-refractivity contribution in [3.05, 3.63) is 58.9 Å². The Morgan fingerprint density at radius 3 is 2.47 bits per heavy atom. The van der Waals surface area contributed by atoms with Gasteiger partial charge < -0.3 is 19.9 Å². The second kappa shape index (κ2) is 13.3. The molecular weight excluding hydrogens is 461 g/mol. The van der Waals surface area contributed by atoms with E-state index in [0.29, 0.717) is 29.0 Å². The van der Waals surface area contributed by atoms with Crippen molar-refractivity contribution in [3.63, 3.8) is 0 Å². The number of ether oxygens (including phenoxy) is 2. The third kappa shape index (κ3) is 7.43. The molecule has 0 aliphatic carbocycles. The Hall–Kier alpha value is -2.64. The third-order valence-electron chi connectivity index (χ3n) is 5.78. The summed E-state index contributed by atoms with van der Waals surface area (Å²) >= 11 is 6.00. The maximum absolute atomic E-state index is 14.2. The lowest BCUT2D eigenvalue weighted by Crippen LogP contribution is -2.53. The Balaban J connectivity index is 2.17. The quantitative estimate of drug-likeness (QED) is 0.300. The van der Waals surface area contributed by atoms with Crippen LogP contribution in [0, 0.1) is 11.2 Å². The molecule has 0 heterocycles. The van der Waals surface area contributed by atoms with Crippen molar-refractivity contribution in [2.75, 3.05) is 19.8 Å². The third-order valence-corrected chi connectivity index (χ3v) is 6.01. The minimum absolute atomic E-state index is 0.156.